The summed E-state index contributed by atoms with van der Waals surface area (Å²) >= 11 is 12.3. The summed E-state index contributed by atoms with van der Waals surface area (Å²) in [7, 11) is 0. The summed E-state index contributed by atoms with van der Waals surface area (Å²) < 4.78 is 0. The van der Waals surface area contributed by atoms with Gasteiger partial charge in [0, 0.05) is 40.9 Å². The SMILES string of the molecule is Cc1cc(C)c(N2CCN(c3c(C)cc(C)cc3C)C2=CC(C)C(Cl)=CCl)c(C)c1. The number of benzene rings is 2. The minimum absolute atomic E-state index is 0.0272. The molecule has 1 heterocycles. The average molecular weight is 443 g/mol. The lowest BCUT2D eigenvalue weighted by atomic mass is 10.0. The van der Waals surface area contributed by atoms with Gasteiger partial charge in [0.1, 0.15) is 5.82 Å². The largest absolute Gasteiger partial charge is 0.326 e. The van der Waals surface area contributed by atoms with E-state index in [0.717, 1.165) is 13.1 Å². The second-order valence-corrected chi connectivity index (χ2v) is 9.26. The smallest absolute Gasteiger partial charge is 0.110 e. The Hall–Kier alpha value is -1.90. The number of anilines is 2. The monoisotopic (exact) mass is 442 g/mol. The predicted octanol–water partition coefficient (Wildman–Crippen LogP) is 7.66. The van der Waals surface area contributed by atoms with Crippen molar-refractivity contribution in [3.63, 3.8) is 0 Å². The van der Waals surface area contributed by atoms with Gasteiger partial charge in [0.25, 0.3) is 0 Å². The van der Waals surface area contributed by atoms with Crippen molar-refractivity contribution in [2.45, 2.75) is 48.5 Å². The van der Waals surface area contributed by atoms with Crippen molar-refractivity contribution in [3.8, 4) is 0 Å². The van der Waals surface area contributed by atoms with Crippen LogP contribution in [0.25, 0.3) is 0 Å². The van der Waals surface area contributed by atoms with Gasteiger partial charge < -0.3 is 9.80 Å². The Morgan fingerprint density at radius 2 is 1.17 bits per heavy atom. The molecule has 30 heavy (non-hydrogen) atoms. The molecule has 1 unspecified atom stereocenters. The lowest BCUT2D eigenvalue weighted by Crippen LogP contribution is -2.26. The predicted molar refractivity (Wildman–Crippen MR) is 133 cm³/mol. The van der Waals surface area contributed by atoms with E-state index in [1.807, 2.05) is 0 Å². The number of aryl methyl sites for hydroxylation is 6. The van der Waals surface area contributed by atoms with Crippen molar-refractivity contribution >= 4 is 34.6 Å². The van der Waals surface area contributed by atoms with Crippen LogP contribution in [0.3, 0.4) is 0 Å². The van der Waals surface area contributed by atoms with Crippen molar-refractivity contribution in [2.75, 3.05) is 22.9 Å². The molecule has 0 amide bonds. The standard InChI is InChI=1S/C26H32Cl2N2/c1-16-10-19(4)25(20(5)11-16)29-8-9-30(24(29)14-18(3)23(28)15-27)26-21(6)12-17(2)13-22(26)7/h10-15,18H,8-9H2,1-7H3. The molecule has 3 rings (SSSR count). The van der Waals surface area contributed by atoms with E-state index in [9.17, 15) is 0 Å². The highest BCUT2D eigenvalue weighted by Crippen LogP contribution is 2.39. The number of hydrogen-bond acceptors (Lipinski definition) is 2. The third kappa shape index (κ3) is 4.40. The Kier molecular flexibility index (Phi) is 6.89. The summed E-state index contributed by atoms with van der Waals surface area (Å²) in [5, 5.41) is 0.644. The molecule has 160 valence electrons. The highest BCUT2D eigenvalue weighted by molar-refractivity contribution is 6.36. The minimum atomic E-state index is 0.0272. The van der Waals surface area contributed by atoms with Crippen LogP contribution in [0.4, 0.5) is 11.4 Å². The zero-order valence-electron chi connectivity index (χ0n) is 19.1. The van der Waals surface area contributed by atoms with Gasteiger partial charge in [-0.1, -0.05) is 65.5 Å². The molecular formula is C26H32Cl2N2. The zero-order valence-corrected chi connectivity index (χ0v) is 20.6. The van der Waals surface area contributed by atoms with Crippen molar-refractivity contribution in [2.24, 2.45) is 5.92 Å². The van der Waals surface area contributed by atoms with Crippen LogP contribution in [0.15, 0.2) is 46.7 Å². The van der Waals surface area contributed by atoms with Gasteiger partial charge >= 0.3 is 0 Å². The first-order chi connectivity index (χ1) is 14.1. The van der Waals surface area contributed by atoms with E-state index < -0.39 is 0 Å². The summed E-state index contributed by atoms with van der Waals surface area (Å²) in [6.07, 6.45) is 2.24. The summed E-state index contributed by atoms with van der Waals surface area (Å²) in [5.41, 5.74) is 11.8. The Morgan fingerprint density at radius 3 is 1.50 bits per heavy atom. The van der Waals surface area contributed by atoms with Crippen molar-refractivity contribution in [1.29, 1.82) is 0 Å². The summed E-state index contributed by atoms with van der Waals surface area (Å²) in [4.78, 5) is 4.88. The number of allylic oxidation sites excluding steroid dienone is 2. The van der Waals surface area contributed by atoms with Crippen molar-refractivity contribution < 1.29 is 0 Å². The van der Waals surface area contributed by atoms with E-state index in [1.54, 1.807) is 0 Å². The van der Waals surface area contributed by atoms with Gasteiger partial charge in [-0.05, 0) is 69.9 Å². The number of hydrogen-bond donors (Lipinski definition) is 0. The molecule has 1 aliphatic rings. The van der Waals surface area contributed by atoms with Crippen LogP contribution in [0.2, 0.25) is 0 Å². The van der Waals surface area contributed by atoms with Crippen LogP contribution in [-0.2, 0) is 0 Å². The Morgan fingerprint density at radius 1 is 0.800 bits per heavy atom. The Labute approximate surface area is 191 Å². The second kappa shape index (κ2) is 9.08. The van der Waals surface area contributed by atoms with Gasteiger partial charge in [-0.2, -0.15) is 0 Å². The molecule has 1 aliphatic heterocycles. The molecule has 0 bridgehead atoms. The quantitative estimate of drug-likeness (QED) is 0.479. The van der Waals surface area contributed by atoms with Crippen LogP contribution in [-0.4, -0.2) is 13.1 Å². The topological polar surface area (TPSA) is 6.48 Å². The van der Waals surface area contributed by atoms with Gasteiger partial charge in [0.15, 0.2) is 0 Å². The van der Waals surface area contributed by atoms with Gasteiger partial charge in [-0.25, -0.2) is 0 Å². The lowest BCUT2D eigenvalue weighted by Gasteiger charge is -2.30. The maximum Gasteiger partial charge on any atom is 0.110 e. The lowest BCUT2D eigenvalue weighted by molar-refractivity contribution is 0.885. The fourth-order valence-corrected chi connectivity index (χ4v) is 5.07. The van der Waals surface area contributed by atoms with E-state index in [-0.39, 0.29) is 5.92 Å². The normalized spacial score (nSPS) is 15.8. The van der Waals surface area contributed by atoms with Crippen molar-refractivity contribution in [1.82, 2.24) is 0 Å². The maximum atomic E-state index is 6.40. The molecule has 4 heteroatoms. The number of halogens is 2. The Balaban J connectivity index is 2.18. The molecule has 1 atom stereocenters. The maximum absolute atomic E-state index is 6.40. The number of nitrogens with zero attached hydrogens (tertiary/aromatic N) is 2. The molecule has 0 spiro atoms. The van der Waals surface area contributed by atoms with Crippen LogP contribution < -0.4 is 9.80 Å². The third-order valence-electron chi connectivity index (χ3n) is 5.85. The summed E-state index contributed by atoms with van der Waals surface area (Å²) in [6, 6.07) is 9.06. The van der Waals surface area contributed by atoms with Gasteiger partial charge in [0.2, 0.25) is 0 Å². The molecule has 1 saturated heterocycles. The molecule has 1 fully saturated rings. The first-order valence-electron chi connectivity index (χ1n) is 10.5. The molecule has 2 aromatic rings. The van der Waals surface area contributed by atoms with Crippen LogP contribution in [0.1, 0.15) is 40.3 Å². The van der Waals surface area contributed by atoms with Crippen LogP contribution >= 0.6 is 23.2 Å². The first-order valence-corrected chi connectivity index (χ1v) is 11.3. The van der Waals surface area contributed by atoms with Gasteiger partial charge in [-0.15, -0.1) is 0 Å². The second-order valence-electron chi connectivity index (χ2n) is 8.61. The van der Waals surface area contributed by atoms with Gasteiger partial charge in [0.05, 0.1) is 0 Å². The van der Waals surface area contributed by atoms with Gasteiger partial charge in [-0.3, -0.25) is 0 Å². The average Bonchev–Trinajstić information content (AvgIpc) is 3.02. The minimum Gasteiger partial charge on any atom is -0.326 e. The van der Waals surface area contributed by atoms with E-state index in [4.69, 9.17) is 23.2 Å². The summed E-state index contributed by atoms with van der Waals surface area (Å²) in [6.45, 7) is 17.1. The molecule has 0 radical (unpaired) electrons. The van der Waals surface area contributed by atoms with E-state index in [0.29, 0.717) is 5.03 Å². The van der Waals surface area contributed by atoms with E-state index in [2.05, 4.69) is 88.6 Å². The highest BCUT2D eigenvalue weighted by atomic mass is 35.5. The molecule has 2 aromatic carbocycles. The fraction of sp³-hybridized carbons (Fsp3) is 0.385. The fourth-order valence-electron chi connectivity index (χ4n) is 4.81. The summed E-state index contributed by atoms with van der Waals surface area (Å²) in [5.74, 6) is 1.20. The van der Waals surface area contributed by atoms with Crippen LogP contribution in [0, 0.1) is 47.5 Å². The van der Waals surface area contributed by atoms with E-state index >= 15 is 0 Å². The Bertz CT molecular complexity index is 906. The molecule has 0 N–H and O–H groups in total. The molecule has 0 saturated carbocycles. The zero-order chi connectivity index (χ0) is 22.2. The molecule has 0 aliphatic carbocycles. The molecule has 0 aromatic heterocycles. The molecule has 2 nitrogen and oxygen atoms in total. The molecular weight excluding hydrogens is 411 g/mol. The van der Waals surface area contributed by atoms with Crippen LogP contribution in [0.5, 0.6) is 0 Å². The third-order valence-corrected chi connectivity index (χ3v) is 6.65. The first kappa shape index (κ1) is 22.8. The number of rotatable bonds is 4. The van der Waals surface area contributed by atoms with Crippen molar-refractivity contribution in [3.05, 3.63) is 80.1 Å². The van der Waals surface area contributed by atoms with E-state index in [1.165, 1.54) is 56.1 Å². The highest BCUT2D eigenvalue weighted by Gasteiger charge is 2.31.